The largest absolute Gasteiger partial charge is 0.444 e. The van der Waals surface area contributed by atoms with Crippen LogP contribution in [0.5, 0.6) is 0 Å². The van der Waals surface area contributed by atoms with E-state index in [1.165, 1.54) is 0 Å². The second-order valence-corrected chi connectivity index (χ2v) is 6.70. The van der Waals surface area contributed by atoms with Crippen LogP contribution in [-0.4, -0.2) is 40.1 Å². The summed E-state index contributed by atoms with van der Waals surface area (Å²) in [6, 6.07) is 2.75. The molecule has 1 aromatic rings. The van der Waals surface area contributed by atoms with Crippen molar-refractivity contribution < 1.29 is 9.53 Å². The van der Waals surface area contributed by atoms with Gasteiger partial charge in [-0.25, -0.2) is 4.79 Å². The molecule has 0 atom stereocenters. The molecule has 1 aliphatic rings. The normalized spacial score (nSPS) is 21.7. The van der Waals surface area contributed by atoms with E-state index in [2.05, 4.69) is 15.7 Å². The van der Waals surface area contributed by atoms with Crippen LogP contribution in [0.1, 0.15) is 39.3 Å². The molecule has 0 saturated heterocycles. The second kappa shape index (κ2) is 6.47. The number of ether oxygens (including phenoxy) is 1. The Kier molecular flexibility index (Phi) is 4.88. The highest BCUT2D eigenvalue weighted by Gasteiger charge is 2.31. The third kappa shape index (κ3) is 5.38. The molecule has 0 aliphatic heterocycles. The first-order chi connectivity index (χ1) is 9.82. The van der Waals surface area contributed by atoms with Crippen molar-refractivity contribution in [2.45, 2.75) is 57.7 Å². The van der Waals surface area contributed by atoms with Gasteiger partial charge < -0.3 is 15.4 Å². The number of alkyl carbamates (subject to hydrolysis) is 1. The number of carbonyl (C=O) groups is 1. The van der Waals surface area contributed by atoms with Crippen LogP contribution >= 0.6 is 0 Å². The van der Waals surface area contributed by atoms with Crippen molar-refractivity contribution in [2.24, 2.45) is 7.05 Å². The molecule has 1 aliphatic carbocycles. The average Bonchev–Trinajstić information content (AvgIpc) is 2.69. The standard InChI is InChI=1S/C15H26N4O2/c1-15(2,3)21-14(20)17-13-9-12(10-13)16-7-5-11-6-8-19(4)18-11/h6,8,12-13,16H,5,7,9-10H2,1-4H3,(H,17,20). The first kappa shape index (κ1) is 15.8. The zero-order chi connectivity index (χ0) is 15.5. The number of rotatable bonds is 5. The van der Waals surface area contributed by atoms with Gasteiger partial charge in [0.05, 0.1) is 5.69 Å². The summed E-state index contributed by atoms with van der Waals surface area (Å²) < 4.78 is 7.06. The number of carbonyl (C=O) groups excluding carboxylic acids is 1. The summed E-state index contributed by atoms with van der Waals surface area (Å²) in [4.78, 5) is 11.6. The van der Waals surface area contributed by atoms with E-state index in [1.807, 2.05) is 44.8 Å². The molecule has 0 aromatic carbocycles. The van der Waals surface area contributed by atoms with Gasteiger partial charge in [0, 0.05) is 38.3 Å². The number of nitrogens with zero attached hydrogens (tertiary/aromatic N) is 2. The fourth-order valence-electron chi connectivity index (χ4n) is 2.38. The smallest absolute Gasteiger partial charge is 0.407 e. The third-order valence-electron chi connectivity index (χ3n) is 3.44. The molecular weight excluding hydrogens is 268 g/mol. The molecule has 6 heteroatoms. The lowest BCUT2D eigenvalue weighted by Gasteiger charge is -2.36. The van der Waals surface area contributed by atoms with Gasteiger partial charge in [-0.15, -0.1) is 0 Å². The van der Waals surface area contributed by atoms with Crippen molar-refractivity contribution >= 4 is 6.09 Å². The van der Waals surface area contributed by atoms with Crippen LogP contribution in [0.25, 0.3) is 0 Å². The Hall–Kier alpha value is -1.56. The number of nitrogens with one attached hydrogen (secondary N) is 2. The Morgan fingerprint density at radius 2 is 2.14 bits per heavy atom. The summed E-state index contributed by atoms with van der Waals surface area (Å²) >= 11 is 0. The van der Waals surface area contributed by atoms with Crippen molar-refractivity contribution in [3.63, 3.8) is 0 Å². The summed E-state index contributed by atoms with van der Waals surface area (Å²) in [6.07, 6.45) is 4.49. The highest BCUT2D eigenvalue weighted by Crippen LogP contribution is 2.20. The van der Waals surface area contributed by atoms with Crippen LogP contribution in [0, 0.1) is 0 Å². The molecule has 1 fully saturated rings. The van der Waals surface area contributed by atoms with E-state index in [-0.39, 0.29) is 12.1 Å². The summed E-state index contributed by atoms with van der Waals surface area (Å²) in [5.74, 6) is 0. The topological polar surface area (TPSA) is 68.2 Å². The Morgan fingerprint density at radius 1 is 1.43 bits per heavy atom. The first-order valence-electron chi connectivity index (χ1n) is 7.53. The van der Waals surface area contributed by atoms with Crippen LogP contribution in [0.3, 0.4) is 0 Å². The SMILES string of the molecule is Cn1ccc(CCNC2CC(NC(=O)OC(C)(C)C)C2)n1. The molecular formula is C15H26N4O2. The number of aryl methyl sites for hydroxylation is 1. The molecule has 0 radical (unpaired) electrons. The molecule has 2 N–H and O–H groups in total. The predicted octanol–water partition coefficient (Wildman–Crippen LogP) is 1.61. The van der Waals surface area contributed by atoms with Gasteiger partial charge >= 0.3 is 6.09 Å². The molecule has 118 valence electrons. The minimum Gasteiger partial charge on any atom is -0.444 e. The number of aromatic nitrogens is 2. The molecule has 2 rings (SSSR count). The van der Waals surface area contributed by atoms with Gasteiger partial charge in [0.25, 0.3) is 0 Å². The molecule has 6 nitrogen and oxygen atoms in total. The quantitative estimate of drug-likeness (QED) is 0.865. The summed E-state index contributed by atoms with van der Waals surface area (Å²) in [7, 11) is 1.93. The maximum Gasteiger partial charge on any atom is 0.407 e. The zero-order valence-electron chi connectivity index (χ0n) is 13.3. The van der Waals surface area contributed by atoms with Gasteiger partial charge in [-0.3, -0.25) is 4.68 Å². The molecule has 0 spiro atoms. The first-order valence-corrected chi connectivity index (χ1v) is 7.53. The van der Waals surface area contributed by atoms with Gasteiger partial charge in [0.15, 0.2) is 0 Å². The lowest BCUT2D eigenvalue weighted by molar-refractivity contribution is 0.0465. The van der Waals surface area contributed by atoms with Gasteiger partial charge in [-0.2, -0.15) is 5.10 Å². The zero-order valence-corrected chi connectivity index (χ0v) is 13.3. The maximum absolute atomic E-state index is 11.6. The van der Waals surface area contributed by atoms with E-state index in [1.54, 1.807) is 0 Å². The number of hydrogen-bond donors (Lipinski definition) is 2. The molecule has 21 heavy (non-hydrogen) atoms. The monoisotopic (exact) mass is 294 g/mol. The maximum atomic E-state index is 11.6. The molecule has 1 heterocycles. The van der Waals surface area contributed by atoms with Gasteiger partial charge in [0.1, 0.15) is 5.60 Å². The van der Waals surface area contributed by atoms with Crippen molar-refractivity contribution in [3.05, 3.63) is 18.0 Å². The van der Waals surface area contributed by atoms with E-state index in [0.717, 1.165) is 31.5 Å². The highest BCUT2D eigenvalue weighted by molar-refractivity contribution is 5.68. The van der Waals surface area contributed by atoms with E-state index in [9.17, 15) is 4.79 Å². The lowest BCUT2D eigenvalue weighted by Crippen LogP contribution is -2.53. The molecule has 1 amide bonds. The van der Waals surface area contributed by atoms with E-state index >= 15 is 0 Å². The Morgan fingerprint density at radius 3 is 2.71 bits per heavy atom. The van der Waals surface area contributed by atoms with E-state index in [0.29, 0.717) is 6.04 Å². The van der Waals surface area contributed by atoms with E-state index < -0.39 is 5.60 Å². The third-order valence-corrected chi connectivity index (χ3v) is 3.44. The van der Waals surface area contributed by atoms with Crippen LogP contribution in [0.15, 0.2) is 12.3 Å². The summed E-state index contributed by atoms with van der Waals surface area (Å²) in [6.45, 7) is 6.53. The fraction of sp³-hybridized carbons (Fsp3) is 0.733. The van der Waals surface area contributed by atoms with Crippen molar-refractivity contribution in [2.75, 3.05) is 6.54 Å². The molecule has 1 saturated carbocycles. The van der Waals surface area contributed by atoms with Crippen LogP contribution in [0.2, 0.25) is 0 Å². The van der Waals surface area contributed by atoms with Crippen LogP contribution in [-0.2, 0) is 18.2 Å². The Labute approximate surface area is 126 Å². The minimum atomic E-state index is -0.436. The Balaban J connectivity index is 1.56. The van der Waals surface area contributed by atoms with Crippen molar-refractivity contribution in [1.29, 1.82) is 0 Å². The number of amides is 1. The minimum absolute atomic E-state index is 0.229. The lowest BCUT2D eigenvalue weighted by atomic mass is 9.87. The van der Waals surface area contributed by atoms with Crippen LogP contribution in [0.4, 0.5) is 4.79 Å². The van der Waals surface area contributed by atoms with Crippen LogP contribution < -0.4 is 10.6 Å². The fourth-order valence-corrected chi connectivity index (χ4v) is 2.38. The second-order valence-electron chi connectivity index (χ2n) is 6.70. The molecule has 0 unspecified atom stereocenters. The van der Waals surface area contributed by atoms with Crippen molar-refractivity contribution in [1.82, 2.24) is 20.4 Å². The highest BCUT2D eigenvalue weighted by atomic mass is 16.6. The average molecular weight is 294 g/mol. The van der Waals surface area contributed by atoms with Crippen molar-refractivity contribution in [3.8, 4) is 0 Å². The molecule has 0 bridgehead atoms. The molecule has 1 aromatic heterocycles. The van der Waals surface area contributed by atoms with Gasteiger partial charge in [0.2, 0.25) is 0 Å². The number of hydrogen-bond acceptors (Lipinski definition) is 4. The Bertz CT molecular complexity index is 472. The summed E-state index contributed by atoms with van der Waals surface area (Å²) in [5, 5.41) is 10.7. The van der Waals surface area contributed by atoms with Gasteiger partial charge in [-0.1, -0.05) is 0 Å². The van der Waals surface area contributed by atoms with E-state index in [4.69, 9.17) is 4.74 Å². The predicted molar refractivity (Wildman–Crippen MR) is 81.1 cm³/mol. The van der Waals surface area contributed by atoms with Gasteiger partial charge in [-0.05, 0) is 39.7 Å². The summed E-state index contributed by atoms with van der Waals surface area (Å²) in [5.41, 5.74) is 0.668.